The van der Waals surface area contributed by atoms with Crippen LogP contribution in [0.1, 0.15) is 26.3 Å². The van der Waals surface area contributed by atoms with Gasteiger partial charge in [-0.15, -0.1) is 0 Å². The van der Waals surface area contributed by atoms with E-state index in [0.717, 1.165) is 6.07 Å². The van der Waals surface area contributed by atoms with Gasteiger partial charge in [-0.25, -0.2) is 9.78 Å². The smallest absolute Gasteiger partial charge is 0.416 e. The molecule has 9 heteroatoms. The van der Waals surface area contributed by atoms with E-state index in [1.165, 1.54) is 25.4 Å². The number of carboxylic acids is 1. The number of benzene rings is 1. The summed E-state index contributed by atoms with van der Waals surface area (Å²) in [5.74, 6) is -2.33. The first-order chi connectivity index (χ1) is 11.2. The van der Waals surface area contributed by atoms with E-state index >= 15 is 0 Å². The van der Waals surface area contributed by atoms with Crippen LogP contribution in [-0.4, -0.2) is 29.1 Å². The van der Waals surface area contributed by atoms with Crippen LogP contribution in [0.5, 0.6) is 5.88 Å². The third-order valence-corrected chi connectivity index (χ3v) is 3.02. The molecule has 1 heterocycles. The average Bonchev–Trinajstić information content (AvgIpc) is 2.53. The number of anilines is 1. The highest BCUT2D eigenvalue weighted by molar-refractivity contribution is 6.10. The zero-order valence-corrected chi connectivity index (χ0v) is 12.2. The first kappa shape index (κ1) is 17.3. The van der Waals surface area contributed by atoms with Crippen LogP contribution in [0.3, 0.4) is 0 Å². The minimum Gasteiger partial charge on any atom is -0.481 e. The summed E-state index contributed by atoms with van der Waals surface area (Å²) in [4.78, 5) is 27.2. The standard InChI is InChI=1S/C15H11F3N2O4/c1-24-12-7-9(4-5-19-12)20-13(21)11-6-8(15(16,17)18)2-3-10(11)14(22)23/h2-7H,1H3,(H,22,23)(H,19,20,21). The van der Waals surface area contributed by atoms with Gasteiger partial charge in [-0.1, -0.05) is 0 Å². The summed E-state index contributed by atoms with van der Waals surface area (Å²) in [5.41, 5.74) is -2.07. The first-order valence-corrected chi connectivity index (χ1v) is 6.48. The third-order valence-electron chi connectivity index (χ3n) is 3.02. The summed E-state index contributed by atoms with van der Waals surface area (Å²) in [7, 11) is 1.35. The van der Waals surface area contributed by atoms with E-state index in [0.29, 0.717) is 12.1 Å². The molecule has 0 fully saturated rings. The molecule has 0 unspecified atom stereocenters. The van der Waals surface area contributed by atoms with Crippen molar-refractivity contribution in [2.45, 2.75) is 6.18 Å². The number of carbonyl (C=O) groups excluding carboxylic acids is 1. The van der Waals surface area contributed by atoms with Crippen LogP contribution in [0.2, 0.25) is 0 Å². The normalized spacial score (nSPS) is 11.0. The van der Waals surface area contributed by atoms with Crippen LogP contribution in [0.4, 0.5) is 18.9 Å². The fourth-order valence-corrected chi connectivity index (χ4v) is 1.89. The number of rotatable bonds is 4. The van der Waals surface area contributed by atoms with Crippen molar-refractivity contribution >= 4 is 17.6 Å². The van der Waals surface area contributed by atoms with Crippen LogP contribution in [-0.2, 0) is 6.18 Å². The second kappa shape index (κ2) is 6.57. The molecular weight excluding hydrogens is 329 g/mol. The number of nitrogens with one attached hydrogen (secondary N) is 1. The molecule has 2 rings (SSSR count). The number of aromatic nitrogens is 1. The van der Waals surface area contributed by atoms with E-state index in [-0.39, 0.29) is 11.6 Å². The van der Waals surface area contributed by atoms with Crippen molar-refractivity contribution in [1.82, 2.24) is 4.98 Å². The van der Waals surface area contributed by atoms with Gasteiger partial charge in [-0.2, -0.15) is 13.2 Å². The number of hydrogen-bond donors (Lipinski definition) is 2. The summed E-state index contributed by atoms with van der Waals surface area (Å²) in [5, 5.41) is 11.4. The molecule has 0 spiro atoms. The lowest BCUT2D eigenvalue weighted by Crippen LogP contribution is -2.18. The van der Waals surface area contributed by atoms with Gasteiger partial charge in [0.15, 0.2) is 0 Å². The van der Waals surface area contributed by atoms with Gasteiger partial charge in [0.05, 0.1) is 23.8 Å². The van der Waals surface area contributed by atoms with E-state index in [4.69, 9.17) is 9.84 Å². The summed E-state index contributed by atoms with van der Waals surface area (Å²) >= 11 is 0. The van der Waals surface area contributed by atoms with E-state index in [2.05, 4.69) is 10.3 Å². The number of nitrogens with zero attached hydrogens (tertiary/aromatic N) is 1. The summed E-state index contributed by atoms with van der Waals surface area (Å²) in [6, 6.07) is 4.57. The number of hydrogen-bond acceptors (Lipinski definition) is 4. The number of pyridine rings is 1. The number of halogens is 3. The molecule has 1 aromatic heterocycles. The molecule has 0 radical (unpaired) electrons. The fraction of sp³-hybridized carbons (Fsp3) is 0.133. The molecule has 0 aliphatic rings. The SMILES string of the molecule is COc1cc(NC(=O)c2cc(C(F)(F)F)ccc2C(=O)O)ccn1. The largest absolute Gasteiger partial charge is 0.481 e. The maximum absolute atomic E-state index is 12.8. The predicted molar refractivity (Wildman–Crippen MR) is 77.1 cm³/mol. The number of aromatic carboxylic acids is 1. The average molecular weight is 340 g/mol. The maximum atomic E-state index is 12.8. The zero-order chi connectivity index (χ0) is 17.9. The molecule has 2 N–H and O–H groups in total. The molecule has 2 aromatic rings. The molecular formula is C15H11F3N2O4. The lowest BCUT2D eigenvalue weighted by Gasteiger charge is -2.12. The molecule has 1 aromatic carbocycles. The quantitative estimate of drug-likeness (QED) is 0.893. The Labute approximate surface area is 133 Å². The number of methoxy groups -OCH3 is 1. The molecule has 0 aliphatic carbocycles. The fourth-order valence-electron chi connectivity index (χ4n) is 1.89. The Morgan fingerprint density at radius 3 is 2.46 bits per heavy atom. The third kappa shape index (κ3) is 3.80. The summed E-state index contributed by atoms with van der Waals surface area (Å²) in [6.07, 6.45) is -3.38. The van der Waals surface area contributed by atoms with Gasteiger partial charge in [0.2, 0.25) is 5.88 Å². The van der Waals surface area contributed by atoms with Crippen molar-refractivity contribution in [3.8, 4) is 5.88 Å². The Morgan fingerprint density at radius 1 is 1.17 bits per heavy atom. The summed E-state index contributed by atoms with van der Waals surface area (Å²) < 4.78 is 43.2. The Hall–Kier alpha value is -3.10. The monoisotopic (exact) mass is 340 g/mol. The van der Waals surface area contributed by atoms with Crippen LogP contribution < -0.4 is 10.1 Å². The molecule has 0 saturated heterocycles. The van der Waals surface area contributed by atoms with Crippen LogP contribution >= 0.6 is 0 Å². The van der Waals surface area contributed by atoms with Gasteiger partial charge < -0.3 is 15.2 Å². The lowest BCUT2D eigenvalue weighted by atomic mass is 10.0. The van der Waals surface area contributed by atoms with Gasteiger partial charge in [-0.05, 0) is 24.3 Å². The molecule has 1 amide bonds. The molecule has 24 heavy (non-hydrogen) atoms. The van der Waals surface area contributed by atoms with E-state index < -0.39 is 34.7 Å². The van der Waals surface area contributed by atoms with Gasteiger partial charge in [0, 0.05) is 18.0 Å². The second-order valence-corrected chi connectivity index (χ2v) is 4.60. The predicted octanol–water partition coefficient (Wildman–Crippen LogP) is 3.06. The van der Waals surface area contributed by atoms with Crippen molar-refractivity contribution in [2.75, 3.05) is 12.4 Å². The molecule has 126 valence electrons. The molecule has 0 atom stereocenters. The number of carbonyl (C=O) groups is 2. The molecule has 0 aliphatic heterocycles. The zero-order valence-electron chi connectivity index (χ0n) is 12.2. The van der Waals surface area contributed by atoms with Crippen LogP contribution in [0.15, 0.2) is 36.5 Å². The Bertz CT molecular complexity index is 791. The van der Waals surface area contributed by atoms with Crippen molar-refractivity contribution < 1.29 is 32.6 Å². The second-order valence-electron chi connectivity index (χ2n) is 4.60. The van der Waals surface area contributed by atoms with Gasteiger partial charge in [-0.3, -0.25) is 4.79 Å². The minimum absolute atomic E-state index is 0.176. The first-order valence-electron chi connectivity index (χ1n) is 6.48. The molecule has 0 bridgehead atoms. The topological polar surface area (TPSA) is 88.5 Å². The van der Waals surface area contributed by atoms with Crippen LogP contribution in [0, 0.1) is 0 Å². The number of alkyl halides is 3. The molecule has 6 nitrogen and oxygen atoms in total. The van der Waals surface area contributed by atoms with Gasteiger partial charge in [0.1, 0.15) is 0 Å². The van der Waals surface area contributed by atoms with Crippen molar-refractivity contribution in [1.29, 1.82) is 0 Å². The van der Waals surface area contributed by atoms with E-state index in [1.807, 2.05) is 0 Å². The maximum Gasteiger partial charge on any atom is 0.416 e. The van der Waals surface area contributed by atoms with Crippen molar-refractivity contribution in [3.05, 3.63) is 53.2 Å². The van der Waals surface area contributed by atoms with E-state index in [9.17, 15) is 22.8 Å². The lowest BCUT2D eigenvalue weighted by molar-refractivity contribution is -0.137. The van der Waals surface area contributed by atoms with Gasteiger partial charge >= 0.3 is 12.1 Å². The highest BCUT2D eigenvalue weighted by Crippen LogP contribution is 2.31. The highest BCUT2D eigenvalue weighted by Gasteiger charge is 2.32. The van der Waals surface area contributed by atoms with Crippen LogP contribution in [0.25, 0.3) is 0 Å². The minimum atomic E-state index is -4.70. The Kier molecular flexibility index (Phi) is 4.72. The van der Waals surface area contributed by atoms with Crippen molar-refractivity contribution in [2.24, 2.45) is 0 Å². The Balaban J connectivity index is 2.40. The number of carboxylic acid groups (broad SMARTS) is 1. The molecule has 0 saturated carbocycles. The Morgan fingerprint density at radius 2 is 1.88 bits per heavy atom. The van der Waals surface area contributed by atoms with E-state index in [1.54, 1.807) is 0 Å². The number of ether oxygens (including phenoxy) is 1. The van der Waals surface area contributed by atoms with Gasteiger partial charge in [0.25, 0.3) is 5.91 Å². The number of amides is 1. The highest BCUT2D eigenvalue weighted by atomic mass is 19.4. The van der Waals surface area contributed by atoms with Crippen molar-refractivity contribution in [3.63, 3.8) is 0 Å². The summed E-state index contributed by atoms with van der Waals surface area (Å²) in [6.45, 7) is 0.